The molecule has 5 aromatic heterocycles. The van der Waals surface area contributed by atoms with Gasteiger partial charge in [0.2, 0.25) is 0 Å². The molecule has 0 saturated carbocycles. The Labute approximate surface area is 387 Å². The summed E-state index contributed by atoms with van der Waals surface area (Å²) in [5.41, 5.74) is 11.8. The molecule has 0 aliphatic rings. The van der Waals surface area contributed by atoms with E-state index >= 15 is 0 Å². The molecule has 316 valence electrons. The first kappa shape index (κ1) is 36.9. The molecule has 15 rings (SSSR count). The molecule has 0 amide bonds. The van der Waals surface area contributed by atoms with Crippen LogP contribution in [0.1, 0.15) is 0 Å². The van der Waals surface area contributed by atoms with E-state index in [9.17, 15) is 0 Å². The Morgan fingerprint density at radius 2 is 0.853 bits per heavy atom. The number of para-hydroxylation sites is 7. The van der Waals surface area contributed by atoms with Crippen LogP contribution in [-0.2, 0) is 0 Å². The summed E-state index contributed by atoms with van der Waals surface area (Å²) >= 11 is 0. The predicted octanol–water partition coefficient (Wildman–Crippen LogP) is 16.0. The molecular weight excluding hydrogens is 835 g/mol. The first-order valence-electron chi connectivity index (χ1n) is 22.8. The van der Waals surface area contributed by atoms with Crippen molar-refractivity contribution in [3.8, 4) is 45.5 Å². The highest BCUT2D eigenvalue weighted by atomic mass is 16.3. The predicted molar refractivity (Wildman–Crippen MR) is 277 cm³/mol. The number of hydrogen-bond donors (Lipinski definition) is 0. The van der Waals surface area contributed by atoms with E-state index < -0.39 is 0 Å². The minimum atomic E-state index is 0.505. The quantitative estimate of drug-likeness (QED) is 0.172. The molecule has 0 aliphatic heterocycles. The Hall–Kier alpha value is -9.33. The Kier molecular flexibility index (Phi) is 7.65. The lowest BCUT2D eigenvalue weighted by molar-refractivity contribution is 0.668. The van der Waals surface area contributed by atoms with Gasteiger partial charge < -0.3 is 18.0 Å². The summed E-state index contributed by atoms with van der Waals surface area (Å²) in [6, 6.07) is 74.3. The average Bonchev–Trinajstić information content (AvgIpc) is 4.15. The number of nitrogens with zero attached hydrogens (tertiary/aromatic N) is 5. The van der Waals surface area contributed by atoms with Crippen LogP contribution in [-0.4, -0.2) is 24.1 Å². The molecule has 68 heavy (non-hydrogen) atoms. The van der Waals surface area contributed by atoms with Crippen molar-refractivity contribution in [2.45, 2.75) is 0 Å². The van der Waals surface area contributed by atoms with Crippen molar-refractivity contribution in [2.24, 2.45) is 0 Å². The van der Waals surface area contributed by atoms with Crippen LogP contribution in [0.25, 0.3) is 144 Å². The van der Waals surface area contributed by atoms with E-state index in [0.717, 1.165) is 121 Å². The maximum absolute atomic E-state index is 6.70. The Balaban J connectivity index is 1.09. The largest absolute Gasteiger partial charge is 0.456 e. The highest BCUT2D eigenvalue weighted by molar-refractivity contribution is 6.16. The minimum absolute atomic E-state index is 0.505. The van der Waals surface area contributed by atoms with E-state index in [0.29, 0.717) is 17.5 Å². The summed E-state index contributed by atoms with van der Waals surface area (Å²) in [5.74, 6) is 1.57. The van der Waals surface area contributed by atoms with Crippen molar-refractivity contribution < 1.29 is 8.83 Å². The first-order chi connectivity index (χ1) is 33.7. The highest BCUT2D eigenvalue weighted by Crippen LogP contribution is 2.44. The minimum Gasteiger partial charge on any atom is -0.456 e. The summed E-state index contributed by atoms with van der Waals surface area (Å²) in [5, 5.41) is 10.9. The highest BCUT2D eigenvalue weighted by Gasteiger charge is 2.25. The normalized spacial score (nSPS) is 12.1. The average molecular weight is 870 g/mol. The third-order valence-corrected chi connectivity index (χ3v) is 13.7. The summed E-state index contributed by atoms with van der Waals surface area (Å²) in [6.45, 7) is 0. The van der Waals surface area contributed by atoms with Gasteiger partial charge in [0.25, 0.3) is 0 Å². The third-order valence-electron chi connectivity index (χ3n) is 13.7. The molecule has 0 unspecified atom stereocenters. The zero-order chi connectivity index (χ0) is 44.5. The van der Waals surface area contributed by atoms with Crippen LogP contribution in [0, 0.1) is 0 Å². The maximum atomic E-state index is 6.70. The van der Waals surface area contributed by atoms with Gasteiger partial charge in [-0.05, 0) is 77.5 Å². The fraction of sp³-hybridized carbons (Fsp3) is 0. The molecule has 0 radical (unpaired) electrons. The number of aromatic nitrogens is 5. The molecule has 0 fully saturated rings. The van der Waals surface area contributed by atoms with Crippen LogP contribution >= 0.6 is 0 Å². The molecule has 10 aromatic carbocycles. The Morgan fingerprint density at radius 1 is 0.309 bits per heavy atom. The fourth-order valence-electron chi connectivity index (χ4n) is 10.7. The first-order valence-corrected chi connectivity index (χ1v) is 22.8. The van der Waals surface area contributed by atoms with Gasteiger partial charge in [0.1, 0.15) is 22.3 Å². The van der Waals surface area contributed by atoms with Crippen LogP contribution in [0.4, 0.5) is 0 Å². The molecule has 0 atom stereocenters. The Bertz CT molecular complexity index is 4570. The van der Waals surface area contributed by atoms with E-state index in [1.807, 2.05) is 30.3 Å². The number of hydrogen-bond acceptors (Lipinski definition) is 5. The maximum Gasteiger partial charge on any atom is 0.167 e. The van der Waals surface area contributed by atoms with E-state index in [2.05, 4.69) is 191 Å². The molecule has 15 aromatic rings. The molecule has 0 saturated heterocycles. The zero-order valence-electron chi connectivity index (χ0n) is 36.3. The van der Waals surface area contributed by atoms with Gasteiger partial charge in [-0.3, -0.25) is 0 Å². The Morgan fingerprint density at radius 3 is 1.62 bits per heavy atom. The smallest absolute Gasteiger partial charge is 0.167 e. The molecule has 7 nitrogen and oxygen atoms in total. The van der Waals surface area contributed by atoms with Gasteiger partial charge in [-0.15, -0.1) is 0 Å². The van der Waals surface area contributed by atoms with Crippen LogP contribution in [0.3, 0.4) is 0 Å². The number of fused-ring (bicyclic) bond motifs is 13. The zero-order valence-corrected chi connectivity index (χ0v) is 36.3. The van der Waals surface area contributed by atoms with E-state index in [4.69, 9.17) is 23.8 Å². The second-order valence-electron chi connectivity index (χ2n) is 17.5. The topological polar surface area (TPSA) is 74.8 Å². The molecule has 5 heterocycles. The summed E-state index contributed by atoms with van der Waals surface area (Å²) in [4.78, 5) is 16.6. The number of benzene rings is 10. The monoisotopic (exact) mass is 869 g/mol. The van der Waals surface area contributed by atoms with Gasteiger partial charge in [0.05, 0.1) is 33.3 Å². The van der Waals surface area contributed by atoms with Gasteiger partial charge in [-0.1, -0.05) is 140 Å². The lowest BCUT2D eigenvalue weighted by atomic mass is 10.0. The molecule has 0 aliphatic carbocycles. The summed E-state index contributed by atoms with van der Waals surface area (Å²) < 4.78 is 18.1. The SMILES string of the molecule is c1ccc(-n2c3ccccc3c3cccc(-c4nc(-c5cc6c(cc5-n5c7ccccc7c7cc8ccccc8cc75)oc5ccccc56)nc(-c5cccc6c5oc5ccccc56)n4)c32)cc1. The summed E-state index contributed by atoms with van der Waals surface area (Å²) in [6.07, 6.45) is 0. The van der Waals surface area contributed by atoms with Crippen LogP contribution in [0.5, 0.6) is 0 Å². The van der Waals surface area contributed by atoms with Gasteiger partial charge in [-0.2, -0.15) is 0 Å². The van der Waals surface area contributed by atoms with Crippen molar-refractivity contribution in [1.29, 1.82) is 0 Å². The number of rotatable bonds is 5. The standard InChI is InChI=1S/C61H35N5O2/c1-2-18-38(19-3-1)65-50-28-10-6-20-39(50)43-24-14-26-45(57(43)65)59-62-60(46-27-15-25-44-41-22-8-13-31-55(41)68-58(44)46)64-61(63-59)49-34-48-42-23-9-12-30-54(42)67-56(48)35-53(49)66-51-29-11-7-21-40(51)47-32-36-16-4-5-17-37(36)33-52(47)66/h1-35H. The van der Waals surface area contributed by atoms with Crippen molar-refractivity contribution in [3.63, 3.8) is 0 Å². The number of furan rings is 2. The molecule has 7 heteroatoms. The van der Waals surface area contributed by atoms with Crippen molar-refractivity contribution in [1.82, 2.24) is 24.1 Å². The third kappa shape index (κ3) is 5.32. The van der Waals surface area contributed by atoms with Crippen molar-refractivity contribution in [2.75, 3.05) is 0 Å². The van der Waals surface area contributed by atoms with Gasteiger partial charge >= 0.3 is 0 Å². The van der Waals surface area contributed by atoms with E-state index in [1.165, 1.54) is 5.39 Å². The molecule has 0 bridgehead atoms. The van der Waals surface area contributed by atoms with Crippen molar-refractivity contribution >= 4 is 98.3 Å². The van der Waals surface area contributed by atoms with Crippen LogP contribution in [0.2, 0.25) is 0 Å². The molecule has 0 N–H and O–H groups in total. The van der Waals surface area contributed by atoms with Crippen molar-refractivity contribution in [3.05, 3.63) is 212 Å². The summed E-state index contributed by atoms with van der Waals surface area (Å²) in [7, 11) is 0. The fourth-order valence-corrected chi connectivity index (χ4v) is 10.7. The van der Waals surface area contributed by atoms with Crippen LogP contribution in [0.15, 0.2) is 221 Å². The van der Waals surface area contributed by atoms with Gasteiger partial charge in [-0.25, -0.2) is 15.0 Å². The van der Waals surface area contributed by atoms with Gasteiger partial charge in [0, 0.05) is 66.0 Å². The molecule has 0 spiro atoms. The van der Waals surface area contributed by atoms with Gasteiger partial charge in [0.15, 0.2) is 17.5 Å². The van der Waals surface area contributed by atoms with E-state index in [1.54, 1.807) is 0 Å². The lowest BCUT2D eigenvalue weighted by Crippen LogP contribution is -2.05. The molecular formula is C61H35N5O2. The van der Waals surface area contributed by atoms with Crippen LogP contribution < -0.4 is 0 Å². The second-order valence-corrected chi connectivity index (χ2v) is 17.5. The lowest BCUT2D eigenvalue weighted by Gasteiger charge is -2.16. The second kappa shape index (κ2) is 14.1. The van der Waals surface area contributed by atoms with E-state index in [-0.39, 0.29) is 0 Å².